The van der Waals surface area contributed by atoms with Crippen LogP contribution in [0.1, 0.15) is 34.6 Å². The first-order valence-corrected chi connectivity index (χ1v) is 7.78. The Bertz CT molecular complexity index is 516. The minimum atomic E-state index is -1.01. The fraction of sp³-hybridized carbons (Fsp3) is 0.467. The normalized spacial score (nSPS) is 19.1. The lowest BCUT2D eigenvalue weighted by Crippen LogP contribution is -2.43. The summed E-state index contributed by atoms with van der Waals surface area (Å²) in [7, 11) is 0. The molecule has 1 aromatic rings. The van der Waals surface area contributed by atoms with E-state index in [0.717, 1.165) is 18.8 Å². The summed E-state index contributed by atoms with van der Waals surface area (Å²) >= 11 is 1.91. The second-order valence-corrected chi connectivity index (χ2v) is 6.64. The topological polar surface area (TPSA) is 57.6 Å². The number of nitrogens with zero attached hydrogens (tertiary/aromatic N) is 1. The molecule has 2 rings (SSSR count). The minimum Gasteiger partial charge on any atom is -0.478 e. The molecule has 108 valence electrons. The van der Waals surface area contributed by atoms with Crippen LogP contribution in [0.5, 0.6) is 0 Å². The van der Waals surface area contributed by atoms with Gasteiger partial charge in [-0.2, -0.15) is 11.8 Å². The van der Waals surface area contributed by atoms with Crippen LogP contribution in [-0.2, 0) is 0 Å². The highest BCUT2D eigenvalue weighted by molar-refractivity contribution is 8.00. The van der Waals surface area contributed by atoms with Gasteiger partial charge in [-0.3, -0.25) is 4.79 Å². The van der Waals surface area contributed by atoms with E-state index < -0.39 is 5.97 Å². The van der Waals surface area contributed by atoms with E-state index in [-0.39, 0.29) is 11.5 Å². The predicted octanol–water partition coefficient (Wildman–Crippen LogP) is 2.60. The Morgan fingerprint density at radius 1 is 1.35 bits per heavy atom. The molecule has 0 aromatic heterocycles. The fourth-order valence-electron chi connectivity index (χ4n) is 2.23. The maximum absolute atomic E-state index is 12.5. The number of hydrogen-bond donors (Lipinski definition) is 1. The molecule has 1 saturated heterocycles. The number of carboxylic acid groups (broad SMARTS) is 1. The second-order valence-electron chi connectivity index (χ2n) is 5.29. The summed E-state index contributed by atoms with van der Waals surface area (Å²) in [5.74, 6) is 0.390. The molecular formula is C15H19NO3S. The fourth-order valence-corrected chi connectivity index (χ4v) is 3.53. The highest BCUT2D eigenvalue weighted by atomic mass is 32.2. The summed E-state index contributed by atoms with van der Waals surface area (Å²) < 4.78 is 0. The molecule has 0 bridgehead atoms. The summed E-state index contributed by atoms with van der Waals surface area (Å²) in [6, 6.07) is 6.26. The summed E-state index contributed by atoms with van der Waals surface area (Å²) in [4.78, 5) is 25.3. The third-order valence-electron chi connectivity index (χ3n) is 3.48. The molecule has 0 saturated carbocycles. The van der Waals surface area contributed by atoms with Crippen molar-refractivity contribution >= 4 is 23.6 Å². The molecule has 1 aliphatic rings. The molecule has 0 aliphatic carbocycles. The summed E-state index contributed by atoms with van der Waals surface area (Å²) in [5, 5.41) is 9.44. The van der Waals surface area contributed by atoms with Gasteiger partial charge in [-0.05, 0) is 24.1 Å². The third kappa shape index (κ3) is 3.33. The van der Waals surface area contributed by atoms with E-state index >= 15 is 0 Å². The SMILES string of the molecule is CC(C)C1CN(C(=O)c2cccc(C(=O)O)c2)CCS1. The predicted molar refractivity (Wildman–Crippen MR) is 80.4 cm³/mol. The van der Waals surface area contributed by atoms with Crippen molar-refractivity contribution in [1.29, 1.82) is 0 Å². The van der Waals surface area contributed by atoms with Crippen molar-refractivity contribution in [3.63, 3.8) is 0 Å². The molecule has 1 N–H and O–H groups in total. The second kappa shape index (κ2) is 6.31. The number of rotatable bonds is 3. The average Bonchev–Trinajstić information content (AvgIpc) is 2.46. The Kier molecular flexibility index (Phi) is 4.70. The highest BCUT2D eigenvalue weighted by Gasteiger charge is 2.26. The Morgan fingerprint density at radius 3 is 2.70 bits per heavy atom. The minimum absolute atomic E-state index is 0.0703. The van der Waals surface area contributed by atoms with Crippen molar-refractivity contribution in [1.82, 2.24) is 4.90 Å². The Morgan fingerprint density at radius 2 is 2.05 bits per heavy atom. The molecule has 0 radical (unpaired) electrons. The van der Waals surface area contributed by atoms with Crippen molar-refractivity contribution in [2.24, 2.45) is 5.92 Å². The van der Waals surface area contributed by atoms with Gasteiger partial charge in [0.05, 0.1) is 5.56 Å². The van der Waals surface area contributed by atoms with Crippen LogP contribution in [0.25, 0.3) is 0 Å². The first-order valence-electron chi connectivity index (χ1n) is 6.73. The van der Waals surface area contributed by atoms with E-state index in [1.54, 1.807) is 12.1 Å². The van der Waals surface area contributed by atoms with Crippen LogP contribution in [0.3, 0.4) is 0 Å². The van der Waals surface area contributed by atoms with Crippen molar-refractivity contribution in [2.75, 3.05) is 18.8 Å². The van der Waals surface area contributed by atoms with Gasteiger partial charge in [-0.25, -0.2) is 4.79 Å². The molecule has 0 spiro atoms. The van der Waals surface area contributed by atoms with Crippen LogP contribution >= 0.6 is 11.8 Å². The van der Waals surface area contributed by atoms with Gasteiger partial charge in [-0.15, -0.1) is 0 Å². The Balaban J connectivity index is 2.14. The first kappa shape index (κ1) is 14.9. The van der Waals surface area contributed by atoms with Gasteiger partial charge < -0.3 is 10.0 Å². The molecule has 1 aliphatic heterocycles. The monoisotopic (exact) mass is 293 g/mol. The molecule has 1 aromatic carbocycles. The van der Waals surface area contributed by atoms with Crippen molar-refractivity contribution in [3.05, 3.63) is 35.4 Å². The first-order chi connectivity index (χ1) is 9.49. The smallest absolute Gasteiger partial charge is 0.335 e. The number of amides is 1. The standard InChI is InChI=1S/C15H19NO3S/c1-10(2)13-9-16(6-7-20-13)14(17)11-4-3-5-12(8-11)15(18)19/h3-5,8,10,13H,6-7,9H2,1-2H3,(H,18,19). The van der Waals surface area contributed by atoms with Crippen LogP contribution in [0.4, 0.5) is 0 Å². The largest absolute Gasteiger partial charge is 0.478 e. The maximum atomic E-state index is 12.5. The van der Waals surface area contributed by atoms with Crippen molar-refractivity contribution < 1.29 is 14.7 Å². The van der Waals surface area contributed by atoms with Gasteiger partial charge in [0.25, 0.3) is 5.91 Å². The summed E-state index contributed by atoms with van der Waals surface area (Å²) in [6.07, 6.45) is 0. The van der Waals surface area contributed by atoms with Crippen LogP contribution in [-0.4, -0.2) is 46.0 Å². The quantitative estimate of drug-likeness (QED) is 0.930. The Hall–Kier alpha value is -1.49. The highest BCUT2D eigenvalue weighted by Crippen LogP contribution is 2.25. The molecular weight excluding hydrogens is 274 g/mol. The Labute approximate surface area is 123 Å². The van der Waals surface area contributed by atoms with Crippen LogP contribution in [0.2, 0.25) is 0 Å². The number of carbonyl (C=O) groups is 2. The average molecular weight is 293 g/mol. The molecule has 1 atom stereocenters. The lowest BCUT2D eigenvalue weighted by molar-refractivity contribution is 0.0697. The van der Waals surface area contributed by atoms with Crippen molar-refractivity contribution in [2.45, 2.75) is 19.1 Å². The lowest BCUT2D eigenvalue weighted by Gasteiger charge is -2.34. The maximum Gasteiger partial charge on any atom is 0.335 e. The van der Waals surface area contributed by atoms with Gasteiger partial charge in [-0.1, -0.05) is 19.9 Å². The van der Waals surface area contributed by atoms with E-state index in [1.807, 2.05) is 16.7 Å². The molecule has 20 heavy (non-hydrogen) atoms. The summed E-state index contributed by atoms with van der Waals surface area (Å²) in [6.45, 7) is 5.79. The molecule has 5 heteroatoms. The van der Waals surface area contributed by atoms with Gasteiger partial charge in [0.15, 0.2) is 0 Å². The zero-order chi connectivity index (χ0) is 14.7. The number of thioether (sulfide) groups is 1. The molecule has 1 unspecified atom stereocenters. The van der Waals surface area contributed by atoms with Crippen LogP contribution in [0, 0.1) is 5.92 Å². The van der Waals surface area contributed by atoms with Crippen LogP contribution < -0.4 is 0 Å². The summed E-state index contributed by atoms with van der Waals surface area (Å²) in [5.41, 5.74) is 0.613. The molecule has 1 heterocycles. The number of hydrogen-bond acceptors (Lipinski definition) is 3. The lowest BCUT2D eigenvalue weighted by atomic mass is 10.1. The number of carboxylic acids is 1. The van der Waals surface area contributed by atoms with E-state index in [9.17, 15) is 9.59 Å². The van der Waals surface area contributed by atoms with E-state index in [0.29, 0.717) is 16.7 Å². The number of aromatic carboxylic acids is 1. The van der Waals surface area contributed by atoms with Gasteiger partial charge in [0.2, 0.25) is 0 Å². The molecule has 4 nitrogen and oxygen atoms in total. The number of carbonyl (C=O) groups excluding carboxylic acids is 1. The van der Waals surface area contributed by atoms with E-state index in [1.165, 1.54) is 12.1 Å². The zero-order valence-electron chi connectivity index (χ0n) is 11.7. The van der Waals surface area contributed by atoms with Gasteiger partial charge in [0, 0.05) is 29.7 Å². The van der Waals surface area contributed by atoms with Crippen LogP contribution in [0.15, 0.2) is 24.3 Å². The van der Waals surface area contributed by atoms with E-state index in [2.05, 4.69) is 13.8 Å². The third-order valence-corrected chi connectivity index (χ3v) is 5.02. The van der Waals surface area contributed by atoms with Crippen molar-refractivity contribution in [3.8, 4) is 0 Å². The van der Waals surface area contributed by atoms with Gasteiger partial charge >= 0.3 is 5.97 Å². The number of benzene rings is 1. The van der Waals surface area contributed by atoms with Gasteiger partial charge in [0.1, 0.15) is 0 Å². The zero-order valence-corrected chi connectivity index (χ0v) is 12.5. The molecule has 1 amide bonds. The van der Waals surface area contributed by atoms with E-state index in [4.69, 9.17) is 5.11 Å². The molecule has 1 fully saturated rings.